The lowest BCUT2D eigenvalue weighted by Gasteiger charge is -2.25. The summed E-state index contributed by atoms with van der Waals surface area (Å²) in [6, 6.07) is 10.3. The van der Waals surface area contributed by atoms with Crippen LogP contribution in [0.15, 0.2) is 36.4 Å². The summed E-state index contributed by atoms with van der Waals surface area (Å²) in [6.45, 7) is 5.23. The van der Waals surface area contributed by atoms with Gasteiger partial charge in [0, 0.05) is 5.56 Å². The molecule has 2 aromatic carbocycles. The minimum Gasteiger partial charge on any atom is -0.497 e. The predicted octanol–water partition coefficient (Wildman–Crippen LogP) is 2.96. The Kier molecular flexibility index (Phi) is 7.13. The third-order valence-corrected chi connectivity index (χ3v) is 5.72. The second-order valence-corrected chi connectivity index (χ2v) is 8.86. The second kappa shape index (κ2) is 9.17. The minimum atomic E-state index is -3.64. The quantitative estimate of drug-likeness (QED) is 0.710. The Hall–Kier alpha value is -2.74. The van der Waals surface area contributed by atoms with Crippen LogP contribution in [-0.4, -0.2) is 41.3 Å². The van der Waals surface area contributed by atoms with E-state index in [9.17, 15) is 13.2 Å². The van der Waals surface area contributed by atoms with E-state index in [1.54, 1.807) is 45.4 Å². The summed E-state index contributed by atoms with van der Waals surface area (Å²) >= 11 is 0. The number of benzene rings is 2. The Bertz CT molecular complexity index is 989. The maximum atomic E-state index is 12.7. The van der Waals surface area contributed by atoms with Gasteiger partial charge in [-0.15, -0.1) is 0 Å². The largest absolute Gasteiger partial charge is 0.497 e. The number of aryl methyl sites for hydroxylation is 2. The first-order valence-corrected chi connectivity index (χ1v) is 11.0. The number of hydrogen-bond donors (Lipinski definition) is 1. The van der Waals surface area contributed by atoms with Crippen LogP contribution in [0.2, 0.25) is 0 Å². The van der Waals surface area contributed by atoms with E-state index < -0.39 is 22.0 Å². The number of anilines is 1. The molecule has 0 aliphatic rings. The summed E-state index contributed by atoms with van der Waals surface area (Å²) in [7, 11) is -0.539. The van der Waals surface area contributed by atoms with Crippen LogP contribution < -0.4 is 19.1 Å². The van der Waals surface area contributed by atoms with Crippen LogP contribution in [0.4, 0.5) is 5.69 Å². The van der Waals surface area contributed by atoms with Gasteiger partial charge in [0.2, 0.25) is 15.9 Å². The number of hydrogen-bond acceptors (Lipinski definition) is 5. The summed E-state index contributed by atoms with van der Waals surface area (Å²) in [5.74, 6) is 0.815. The Morgan fingerprint density at radius 1 is 1.10 bits per heavy atom. The first-order valence-electron chi connectivity index (χ1n) is 9.13. The third-order valence-electron chi connectivity index (χ3n) is 4.59. The van der Waals surface area contributed by atoms with Crippen molar-refractivity contribution in [3.63, 3.8) is 0 Å². The lowest BCUT2D eigenvalue weighted by atomic mass is 10.1. The van der Waals surface area contributed by atoms with Crippen LogP contribution >= 0.6 is 0 Å². The molecule has 0 radical (unpaired) electrons. The first kappa shape index (κ1) is 22.5. The molecule has 0 aliphatic heterocycles. The lowest BCUT2D eigenvalue weighted by Crippen LogP contribution is -2.41. The minimum absolute atomic E-state index is 0.320. The number of nitrogens with zero attached hydrogens (tertiary/aromatic N) is 1. The third kappa shape index (κ3) is 5.63. The predicted molar refractivity (Wildman–Crippen MR) is 114 cm³/mol. The molecule has 0 fully saturated rings. The summed E-state index contributed by atoms with van der Waals surface area (Å²) in [4.78, 5) is 12.7. The SMILES string of the molecule is COc1ccc(OC)c(C(C)NC(=O)CN(c2ccc(C)cc2C)S(C)(=O)=O)c1. The number of methoxy groups -OCH3 is 2. The highest BCUT2D eigenvalue weighted by atomic mass is 32.2. The topological polar surface area (TPSA) is 84.9 Å². The van der Waals surface area contributed by atoms with E-state index in [1.807, 2.05) is 26.0 Å². The van der Waals surface area contributed by atoms with Crippen LogP contribution in [-0.2, 0) is 14.8 Å². The Labute approximate surface area is 172 Å². The fourth-order valence-corrected chi connectivity index (χ4v) is 4.05. The number of sulfonamides is 1. The van der Waals surface area contributed by atoms with E-state index in [4.69, 9.17) is 9.47 Å². The van der Waals surface area contributed by atoms with Crippen molar-refractivity contribution in [2.24, 2.45) is 0 Å². The Morgan fingerprint density at radius 3 is 2.34 bits per heavy atom. The van der Waals surface area contributed by atoms with E-state index in [1.165, 1.54) is 0 Å². The standard InChI is InChI=1S/C21H28N2O5S/c1-14-7-9-19(15(2)11-14)23(29(6,25)26)13-21(24)22-16(3)18-12-17(27-4)8-10-20(18)28-5/h7-12,16H,13H2,1-6H3,(H,22,24). The molecule has 1 amide bonds. The van der Waals surface area contributed by atoms with Gasteiger partial charge in [-0.05, 0) is 50.6 Å². The highest BCUT2D eigenvalue weighted by Gasteiger charge is 2.24. The van der Waals surface area contributed by atoms with Crippen molar-refractivity contribution >= 4 is 21.6 Å². The zero-order valence-electron chi connectivity index (χ0n) is 17.6. The fraction of sp³-hybridized carbons (Fsp3) is 0.381. The van der Waals surface area contributed by atoms with Crippen LogP contribution in [0.25, 0.3) is 0 Å². The van der Waals surface area contributed by atoms with E-state index in [-0.39, 0.29) is 6.54 Å². The second-order valence-electron chi connectivity index (χ2n) is 6.96. The Balaban J connectivity index is 2.25. The molecule has 0 heterocycles. The summed E-state index contributed by atoms with van der Waals surface area (Å²) < 4.78 is 36.4. The number of nitrogens with one attached hydrogen (secondary N) is 1. The van der Waals surface area contributed by atoms with Gasteiger partial charge in [0.25, 0.3) is 0 Å². The number of amides is 1. The molecule has 2 aromatic rings. The summed E-state index contributed by atoms with van der Waals surface area (Å²) in [6.07, 6.45) is 1.09. The molecule has 0 saturated heterocycles. The Morgan fingerprint density at radius 2 is 1.79 bits per heavy atom. The molecule has 29 heavy (non-hydrogen) atoms. The number of rotatable bonds is 8. The van der Waals surface area contributed by atoms with Gasteiger partial charge in [0.1, 0.15) is 18.0 Å². The number of carbonyl (C=O) groups is 1. The smallest absolute Gasteiger partial charge is 0.241 e. The normalized spacial score (nSPS) is 12.2. The summed E-state index contributed by atoms with van der Waals surface area (Å²) in [5, 5.41) is 2.84. The van der Waals surface area contributed by atoms with Crippen molar-refractivity contribution in [1.29, 1.82) is 0 Å². The summed E-state index contributed by atoms with van der Waals surface area (Å²) in [5.41, 5.74) is 3.02. The van der Waals surface area contributed by atoms with Crippen molar-refractivity contribution < 1.29 is 22.7 Å². The molecular formula is C21H28N2O5S. The molecule has 0 aliphatic carbocycles. The van der Waals surface area contributed by atoms with Crippen LogP contribution in [0.3, 0.4) is 0 Å². The lowest BCUT2D eigenvalue weighted by molar-refractivity contribution is -0.120. The number of carbonyl (C=O) groups excluding carboxylic acids is 1. The van der Waals surface area contributed by atoms with Crippen molar-refractivity contribution in [1.82, 2.24) is 5.32 Å². The zero-order chi connectivity index (χ0) is 21.8. The maximum absolute atomic E-state index is 12.7. The molecule has 8 heteroatoms. The zero-order valence-corrected chi connectivity index (χ0v) is 18.5. The molecule has 158 valence electrons. The molecule has 1 atom stereocenters. The van der Waals surface area contributed by atoms with Crippen molar-refractivity contribution in [3.8, 4) is 11.5 Å². The van der Waals surface area contributed by atoms with E-state index in [2.05, 4.69) is 5.32 Å². The molecule has 1 N–H and O–H groups in total. The molecule has 0 saturated carbocycles. The average molecular weight is 421 g/mol. The van der Waals surface area contributed by atoms with Gasteiger partial charge >= 0.3 is 0 Å². The van der Waals surface area contributed by atoms with E-state index in [0.29, 0.717) is 17.2 Å². The van der Waals surface area contributed by atoms with Crippen LogP contribution in [0.5, 0.6) is 11.5 Å². The van der Waals surface area contributed by atoms with Crippen LogP contribution in [0.1, 0.15) is 29.7 Å². The van der Waals surface area contributed by atoms with Gasteiger partial charge in [0.15, 0.2) is 0 Å². The molecule has 0 aromatic heterocycles. The maximum Gasteiger partial charge on any atom is 0.241 e. The molecule has 0 spiro atoms. The molecule has 7 nitrogen and oxygen atoms in total. The molecular weight excluding hydrogens is 392 g/mol. The number of ether oxygens (including phenoxy) is 2. The van der Waals surface area contributed by atoms with Crippen molar-refractivity contribution in [2.75, 3.05) is 31.3 Å². The average Bonchev–Trinajstić information content (AvgIpc) is 2.65. The van der Waals surface area contributed by atoms with Gasteiger partial charge in [-0.2, -0.15) is 0 Å². The van der Waals surface area contributed by atoms with Gasteiger partial charge in [-0.1, -0.05) is 17.7 Å². The highest BCUT2D eigenvalue weighted by molar-refractivity contribution is 7.92. The van der Waals surface area contributed by atoms with E-state index in [0.717, 1.165) is 27.3 Å². The van der Waals surface area contributed by atoms with Crippen LogP contribution in [0, 0.1) is 13.8 Å². The van der Waals surface area contributed by atoms with Crippen molar-refractivity contribution in [3.05, 3.63) is 53.1 Å². The molecule has 0 bridgehead atoms. The van der Waals surface area contributed by atoms with Gasteiger partial charge in [0.05, 0.1) is 32.2 Å². The first-order chi connectivity index (χ1) is 13.6. The van der Waals surface area contributed by atoms with Gasteiger partial charge < -0.3 is 14.8 Å². The van der Waals surface area contributed by atoms with Crippen molar-refractivity contribution in [2.45, 2.75) is 26.8 Å². The highest BCUT2D eigenvalue weighted by Crippen LogP contribution is 2.29. The van der Waals surface area contributed by atoms with Gasteiger partial charge in [-0.25, -0.2) is 8.42 Å². The van der Waals surface area contributed by atoms with Gasteiger partial charge in [-0.3, -0.25) is 9.10 Å². The molecule has 2 rings (SSSR count). The van der Waals surface area contributed by atoms with E-state index >= 15 is 0 Å². The monoisotopic (exact) mass is 420 g/mol. The molecule has 1 unspecified atom stereocenters. The fourth-order valence-electron chi connectivity index (χ4n) is 3.14.